The molecule has 0 aliphatic heterocycles. The maximum atomic E-state index is 13.8. The molecule has 134 heavy (non-hydrogen) atoms. The molecule has 38 heteroatoms. The molecule has 16 rings (SSSR count). The minimum atomic E-state index is -4.80. The number of hydrogen-bond donors (Lipinski definition) is 2. The van der Waals surface area contributed by atoms with E-state index in [1.807, 2.05) is 70.1 Å². The predicted octanol–water partition coefficient (Wildman–Crippen LogP) is 29.8. The first-order valence-electron chi connectivity index (χ1n) is 39.4. The van der Waals surface area contributed by atoms with Gasteiger partial charge in [-0.05, 0) is 200 Å². The largest absolute Gasteiger partial charge is 0.573 e. The summed E-state index contributed by atoms with van der Waals surface area (Å²) in [6, 6.07) is 58.9. The smallest absolute Gasteiger partial charge is 0.415 e. The van der Waals surface area contributed by atoms with E-state index in [1.165, 1.54) is 94.0 Å². The Labute approximate surface area is 803 Å². The van der Waals surface area contributed by atoms with E-state index in [9.17, 15) is 67.4 Å². The van der Waals surface area contributed by atoms with Gasteiger partial charge in [-0.15, -0.1) is 52.7 Å². The monoisotopic (exact) mass is 2080 g/mol. The topological polar surface area (TPSA) is 190 Å². The Morgan fingerprint density at radius 1 is 0.455 bits per heavy atom. The van der Waals surface area contributed by atoms with E-state index >= 15 is 0 Å². The summed E-state index contributed by atoms with van der Waals surface area (Å²) < 4.78 is 181. The van der Waals surface area contributed by atoms with Gasteiger partial charge in [0.05, 0.1) is 35.3 Å². The van der Waals surface area contributed by atoms with Gasteiger partial charge in [-0.3, -0.25) is 9.59 Å². The van der Waals surface area contributed by atoms with E-state index in [4.69, 9.17) is 50.8 Å². The van der Waals surface area contributed by atoms with Crippen LogP contribution in [0.3, 0.4) is 0 Å². The molecule has 9 aromatic carbocycles. The number of rotatable bonds is 21. The van der Waals surface area contributed by atoms with Crippen LogP contribution in [0.5, 0.6) is 23.0 Å². The van der Waals surface area contributed by atoms with Crippen molar-refractivity contribution in [2.24, 2.45) is 0 Å². The standard InChI is InChI=1S/C28H29Cl2F3N4O3Si.C22H15Cl2F3N4O3.C18H17F3N2O.C15H9BrF3NO.C9H7Br.4CH4/c1-27(2,3)41(4,5)39-14-13-37(26(38)23-24(29)34-17-35-25(23)30)20-9-10-22-18(15-20)11-12-36(22)19-7-6-8-21(16-19)40-28(31,32)33;23-19-18(20(24)29-12-28-19)21(33)31(8-9-32)15-4-5-17-13(10-15)6-7-30(17)14-2-1-3-16(11-14)34-22(25,26)27;1-2-9-22-14-6-7-17-13(11-14)8-10-23(17)15-4-3-5-16(12-15)24-18(19,20)21;16-11-4-5-14-10(8-11)6-7-20(14)12-2-1-3-13(9-12)21-15(17,18)19;10-9-5-4-7-2-1-3-8(7)6-9;;;;/h6-12,15-17H,13-14H2,1-5H3;1-7,10-12,32H,8-9H2;3-8,10-12,22H,2,9H2,1H3;1-9H;1,3-6H,2H2;4*1H4. The maximum Gasteiger partial charge on any atom is 0.573 e. The molecule has 1 aliphatic carbocycles. The van der Waals surface area contributed by atoms with Crippen LogP contribution in [-0.4, -0.2) is 122 Å². The Morgan fingerprint density at radius 3 is 1.16 bits per heavy atom. The lowest BCUT2D eigenvalue weighted by atomic mass is 10.1. The van der Waals surface area contributed by atoms with Gasteiger partial charge in [-0.2, -0.15) is 0 Å². The number of aromatic nitrogens is 8. The summed E-state index contributed by atoms with van der Waals surface area (Å²) in [5.41, 5.74) is 10.0. The third-order valence-electron chi connectivity index (χ3n) is 20.3. The number of benzene rings is 9. The summed E-state index contributed by atoms with van der Waals surface area (Å²) in [6.07, 6.45) is -3.15. The van der Waals surface area contributed by atoms with E-state index < -0.39 is 45.6 Å². The maximum absolute atomic E-state index is 13.8. The molecule has 710 valence electrons. The second-order valence-electron chi connectivity index (χ2n) is 30.2. The number of aliphatic hydroxyl groups excluding tert-OH is 1. The fraction of sp³-hybridized carbons (Fsp3) is 0.229. The number of fused-ring (bicyclic) bond motifs is 5. The minimum absolute atomic E-state index is 0. The third-order valence-corrected chi connectivity index (χ3v) is 27.0. The fourth-order valence-electron chi connectivity index (χ4n) is 13.4. The van der Waals surface area contributed by atoms with Gasteiger partial charge in [-0.1, -0.05) is 178 Å². The predicted molar refractivity (Wildman–Crippen MR) is 518 cm³/mol. The Morgan fingerprint density at radius 2 is 0.799 bits per heavy atom. The van der Waals surface area contributed by atoms with Gasteiger partial charge in [0.1, 0.15) is 67.4 Å². The molecule has 0 saturated carbocycles. The highest BCUT2D eigenvalue weighted by molar-refractivity contribution is 9.10. The summed E-state index contributed by atoms with van der Waals surface area (Å²) in [4.78, 5) is 45.1. The molecule has 0 saturated heterocycles. The summed E-state index contributed by atoms with van der Waals surface area (Å²) in [7, 11) is -2.10. The van der Waals surface area contributed by atoms with Crippen molar-refractivity contribution in [1.29, 1.82) is 0 Å². The lowest BCUT2D eigenvalue weighted by Gasteiger charge is -2.37. The van der Waals surface area contributed by atoms with Crippen molar-refractivity contribution in [2.45, 2.75) is 114 Å². The normalized spacial score (nSPS) is 11.7. The van der Waals surface area contributed by atoms with Crippen LogP contribution >= 0.6 is 78.3 Å². The molecule has 2 N–H and O–H groups in total. The number of carbonyl (C=O) groups excluding carboxylic acids is 2. The Bertz CT molecular complexity index is 6550. The highest BCUT2D eigenvalue weighted by Crippen LogP contribution is 2.40. The first kappa shape index (κ1) is 108. The fourth-order valence-corrected chi connectivity index (χ4v) is 16.1. The van der Waals surface area contributed by atoms with Crippen molar-refractivity contribution in [3.05, 3.63) is 308 Å². The van der Waals surface area contributed by atoms with Crippen LogP contribution in [0.1, 0.15) is 95.7 Å². The lowest BCUT2D eigenvalue weighted by molar-refractivity contribution is -0.275. The van der Waals surface area contributed by atoms with E-state index in [0.29, 0.717) is 50.5 Å². The van der Waals surface area contributed by atoms with Gasteiger partial charge in [0.25, 0.3) is 11.8 Å². The molecular formula is C96H93Br2Cl4F12N11O8Si. The minimum Gasteiger partial charge on any atom is -0.415 e. The lowest BCUT2D eigenvalue weighted by Crippen LogP contribution is -2.43. The van der Waals surface area contributed by atoms with Crippen molar-refractivity contribution in [3.8, 4) is 45.7 Å². The number of anilines is 3. The van der Waals surface area contributed by atoms with Gasteiger partial charge in [0.15, 0.2) is 8.32 Å². The second kappa shape index (κ2) is 46.1. The van der Waals surface area contributed by atoms with Crippen LogP contribution in [0.15, 0.2) is 265 Å². The molecule has 0 fully saturated rings. The molecule has 15 aromatic rings. The SMILES string of the molecule is Brc1ccc2c(c1)C=CC2.C.C.C.C.CC(C)(C)[Si](C)(C)OCCN(C(=O)c1c(Cl)ncnc1Cl)c1ccc2c(ccn2-c2cccc(OC(F)(F)F)c2)c1.CCCNc1ccc2c(ccn2-c2cccc(OC(F)(F)F)c2)c1.FC(F)(F)Oc1cccc(-n2ccc3cc(Br)ccc32)c1.O=C(c1c(Cl)ncnc1Cl)N(CCO)c1ccc2c(ccn2-c2cccc(OC(F)(F)F)c2)c1. The number of ether oxygens (including phenoxy) is 4. The van der Waals surface area contributed by atoms with Crippen molar-refractivity contribution >= 4 is 165 Å². The Kier molecular flexibility index (Phi) is 37.1. The van der Waals surface area contributed by atoms with E-state index in [-0.39, 0.29) is 116 Å². The van der Waals surface area contributed by atoms with Crippen molar-refractivity contribution in [1.82, 2.24) is 38.2 Å². The van der Waals surface area contributed by atoms with Crippen LogP contribution in [0.2, 0.25) is 38.7 Å². The number of allylic oxidation sites excluding steroid dienone is 1. The molecule has 0 atom stereocenters. The molecule has 0 unspecified atom stereocenters. The molecule has 6 aromatic heterocycles. The van der Waals surface area contributed by atoms with Gasteiger partial charge in [0.2, 0.25) is 0 Å². The first-order valence-corrected chi connectivity index (χ1v) is 45.4. The number of carbonyl (C=O) groups is 2. The number of hydrogen-bond acceptors (Lipinski definition) is 13. The third kappa shape index (κ3) is 28.3. The number of alkyl halides is 12. The van der Waals surface area contributed by atoms with Gasteiger partial charge in [-0.25, -0.2) is 19.9 Å². The van der Waals surface area contributed by atoms with Gasteiger partial charge >= 0.3 is 25.4 Å². The van der Waals surface area contributed by atoms with E-state index in [1.54, 1.807) is 100 Å². The Balaban J connectivity index is 0.000000215. The molecule has 0 radical (unpaired) electrons. The van der Waals surface area contributed by atoms with E-state index in [2.05, 4.69) is 147 Å². The summed E-state index contributed by atoms with van der Waals surface area (Å²) in [5.74, 6) is -2.23. The summed E-state index contributed by atoms with van der Waals surface area (Å²) in [6.45, 7) is 13.7. The number of nitrogens with one attached hydrogen (secondary N) is 1. The van der Waals surface area contributed by atoms with Crippen molar-refractivity contribution < 1.29 is 90.8 Å². The summed E-state index contributed by atoms with van der Waals surface area (Å²) in [5, 5.41) is 15.9. The first-order chi connectivity index (χ1) is 61.5. The molecule has 6 heterocycles. The zero-order chi connectivity index (χ0) is 93.8. The van der Waals surface area contributed by atoms with Gasteiger partial charge < -0.3 is 61.9 Å². The zero-order valence-corrected chi connectivity index (χ0v) is 76.6. The van der Waals surface area contributed by atoms with Crippen molar-refractivity contribution in [3.63, 3.8) is 0 Å². The molecule has 19 nitrogen and oxygen atoms in total. The van der Waals surface area contributed by atoms with E-state index in [0.717, 1.165) is 67.5 Å². The number of nitrogens with zero attached hydrogens (tertiary/aromatic N) is 10. The number of aliphatic hydroxyl groups is 1. The van der Waals surface area contributed by atoms with Crippen molar-refractivity contribution in [2.75, 3.05) is 48.0 Å². The average molecular weight is 2090 g/mol. The Hall–Kier alpha value is -11.6. The van der Waals surface area contributed by atoms with Gasteiger partial charge in [0, 0.05) is 139 Å². The van der Waals surface area contributed by atoms with Crippen LogP contribution < -0.4 is 34.1 Å². The molecule has 0 bridgehead atoms. The average Bonchev–Trinajstić information content (AvgIpc) is 1.62. The van der Waals surface area contributed by atoms with Crippen LogP contribution in [0.25, 0.3) is 72.4 Å². The van der Waals surface area contributed by atoms with Crippen LogP contribution in [0.4, 0.5) is 69.7 Å². The highest BCUT2D eigenvalue weighted by atomic mass is 79.9. The zero-order valence-electron chi connectivity index (χ0n) is 69.4. The molecule has 1 aliphatic rings. The number of halogens is 18. The molecule has 2 amide bonds. The highest BCUT2D eigenvalue weighted by Gasteiger charge is 2.39. The quantitative estimate of drug-likeness (QED) is 0.0393. The van der Waals surface area contributed by atoms with Crippen LogP contribution in [0, 0.1) is 0 Å². The summed E-state index contributed by atoms with van der Waals surface area (Å²) >= 11 is 31.4. The number of amides is 2. The second-order valence-corrected chi connectivity index (χ2v) is 38.2. The van der Waals surface area contributed by atoms with Crippen LogP contribution in [-0.2, 0) is 10.8 Å². The molecular weight excluding hydrogens is 1990 g/mol. The molecule has 0 spiro atoms.